The van der Waals surface area contributed by atoms with Crippen molar-refractivity contribution in [3.8, 4) is 0 Å². The standard InChI is InChI=1S/C10H11NS2/c1-13-9-5-2-8(3-6-9)4-7-10(11)12/h2-7H,1H3,(H2,11,12)/b7-4+. The molecular formula is C10H11NS2. The van der Waals surface area contributed by atoms with Gasteiger partial charge in [0.1, 0.15) is 0 Å². The van der Waals surface area contributed by atoms with Crippen molar-refractivity contribution in [1.29, 1.82) is 0 Å². The van der Waals surface area contributed by atoms with E-state index in [1.807, 2.05) is 18.2 Å². The van der Waals surface area contributed by atoms with E-state index in [0.29, 0.717) is 4.99 Å². The van der Waals surface area contributed by atoms with Crippen LogP contribution in [0.2, 0.25) is 0 Å². The summed E-state index contributed by atoms with van der Waals surface area (Å²) < 4.78 is 0. The van der Waals surface area contributed by atoms with Gasteiger partial charge >= 0.3 is 0 Å². The Morgan fingerprint density at radius 2 is 2.00 bits per heavy atom. The number of nitrogens with two attached hydrogens (primary N) is 1. The van der Waals surface area contributed by atoms with Gasteiger partial charge in [-0.15, -0.1) is 11.8 Å². The fourth-order valence-corrected chi connectivity index (χ4v) is 1.37. The minimum Gasteiger partial charge on any atom is -0.390 e. The Labute approximate surface area is 88.0 Å². The maximum Gasteiger partial charge on any atom is 0.0962 e. The molecule has 1 aromatic rings. The van der Waals surface area contributed by atoms with E-state index >= 15 is 0 Å². The molecule has 0 aliphatic rings. The van der Waals surface area contributed by atoms with Crippen molar-refractivity contribution in [1.82, 2.24) is 0 Å². The minimum atomic E-state index is 0.411. The van der Waals surface area contributed by atoms with Gasteiger partial charge in [-0.1, -0.05) is 30.4 Å². The molecule has 0 unspecified atom stereocenters. The molecule has 0 spiro atoms. The zero-order valence-electron chi connectivity index (χ0n) is 7.36. The molecule has 13 heavy (non-hydrogen) atoms. The molecule has 1 rings (SSSR count). The van der Waals surface area contributed by atoms with Crippen LogP contribution in [0.1, 0.15) is 5.56 Å². The van der Waals surface area contributed by atoms with E-state index < -0.39 is 0 Å². The summed E-state index contributed by atoms with van der Waals surface area (Å²) in [6.07, 6.45) is 5.69. The lowest BCUT2D eigenvalue weighted by atomic mass is 10.2. The normalized spacial score (nSPS) is 10.5. The van der Waals surface area contributed by atoms with Gasteiger partial charge in [0.05, 0.1) is 4.99 Å². The Kier molecular flexibility index (Phi) is 3.99. The van der Waals surface area contributed by atoms with Crippen molar-refractivity contribution in [2.24, 2.45) is 5.73 Å². The molecule has 0 aliphatic heterocycles. The Morgan fingerprint density at radius 1 is 1.38 bits per heavy atom. The van der Waals surface area contributed by atoms with E-state index in [1.165, 1.54) is 4.90 Å². The van der Waals surface area contributed by atoms with Crippen molar-refractivity contribution in [3.63, 3.8) is 0 Å². The molecule has 0 amide bonds. The second-order valence-electron chi connectivity index (χ2n) is 2.51. The van der Waals surface area contributed by atoms with Crippen LogP contribution in [0.15, 0.2) is 35.2 Å². The highest BCUT2D eigenvalue weighted by Crippen LogP contribution is 2.15. The molecule has 68 valence electrons. The lowest BCUT2D eigenvalue weighted by Gasteiger charge is -1.96. The van der Waals surface area contributed by atoms with Crippen molar-refractivity contribution < 1.29 is 0 Å². The molecule has 3 heteroatoms. The van der Waals surface area contributed by atoms with Gasteiger partial charge in [-0.3, -0.25) is 0 Å². The summed E-state index contributed by atoms with van der Waals surface area (Å²) in [6.45, 7) is 0. The van der Waals surface area contributed by atoms with E-state index in [1.54, 1.807) is 17.8 Å². The maximum atomic E-state index is 5.34. The van der Waals surface area contributed by atoms with E-state index in [2.05, 4.69) is 18.4 Å². The lowest BCUT2D eigenvalue weighted by Crippen LogP contribution is -2.01. The van der Waals surface area contributed by atoms with E-state index in [-0.39, 0.29) is 0 Å². The predicted octanol–water partition coefficient (Wildman–Crippen LogP) is 2.71. The highest BCUT2D eigenvalue weighted by atomic mass is 32.2. The zero-order chi connectivity index (χ0) is 9.68. The summed E-state index contributed by atoms with van der Waals surface area (Å²) in [7, 11) is 0. The quantitative estimate of drug-likeness (QED) is 0.471. The van der Waals surface area contributed by atoms with Crippen LogP contribution in [-0.4, -0.2) is 11.2 Å². The SMILES string of the molecule is CSc1ccc(/C=C/C(N)=S)cc1. The van der Waals surface area contributed by atoms with Gasteiger partial charge in [0.15, 0.2) is 0 Å². The molecule has 2 N–H and O–H groups in total. The molecule has 0 aromatic heterocycles. The van der Waals surface area contributed by atoms with Gasteiger partial charge in [0.25, 0.3) is 0 Å². The predicted molar refractivity (Wildman–Crippen MR) is 64.0 cm³/mol. The Hall–Kier alpha value is -0.800. The van der Waals surface area contributed by atoms with Gasteiger partial charge in [0, 0.05) is 4.90 Å². The van der Waals surface area contributed by atoms with Gasteiger partial charge in [-0.25, -0.2) is 0 Å². The second kappa shape index (κ2) is 5.04. The molecule has 0 heterocycles. The third kappa shape index (κ3) is 3.61. The number of benzene rings is 1. The van der Waals surface area contributed by atoms with Crippen LogP contribution in [0.3, 0.4) is 0 Å². The summed E-state index contributed by atoms with van der Waals surface area (Å²) >= 11 is 6.46. The number of thiocarbonyl (C=S) groups is 1. The molecule has 0 radical (unpaired) electrons. The second-order valence-corrected chi connectivity index (χ2v) is 3.86. The first-order chi connectivity index (χ1) is 6.22. The lowest BCUT2D eigenvalue weighted by molar-refractivity contribution is 1.45. The first-order valence-corrected chi connectivity index (χ1v) is 5.47. The number of hydrogen-bond donors (Lipinski definition) is 1. The van der Waals surface area contributed by atoms with Crippen molar-refractivity contribution >= 4 is 35.0 Å². The summed E-state index contributed by atoms with van der Waals surface area (Å²) in [6, 6.07) is 8.23. The van der Waals surface area contributed by atoms with Crippen molar-refractivity contribution in [2.75, 3.05) is 6.26 Å². The molecule has 1 aromatic carbocycles. The largest absolute Gasteiger partial charge is 0.390 e. The van der Waals surface area contributed by atoms with Crippen LogP contribution in [0, 0.1) is 0 Å². The van der Waals surface area contributed by atoms with E-state index in [4.69, 9.17) is 18.0 Å². The van der Waals surface area contributed by atoms with Gasteiger partial charge in [-0.2, -0.15) is 0 Å². The third-order valence-corrected chi connectivity index (χ3v) is 2.44. The monoisotopic (exact) mass is 209 g/mol. The van der Waals surface area contributed by atoms with Crippen LogP contribution in [0.5, 0.6) is 0 Å². The van der Waals surface area contributed by atoms with E-state index in [9.17, 15) is 0 Å². The average Bonchev–Trinajstić information content (AvgIpc) is 2.15. The fourth-order valence-electron chi connectivity index (χ4n) is 0.893. The Balaban J connectivity index is 2.75. The first kappa shape index (κ1) is 10.3. The molecule has 0 fully saturated rings. The highest BCUT2D eigenvalue weighted by molar-refractivity contribution is 7.98. The van der Waals surface area contributed by atoms with Crippen LogP contribution in [-0.2, 0) is 0 Å². The fraction of sp³-hybridized carbons (Fsp3) is 0.100. The molecular weight excluding hydrogens is 198 g/mol. The molecule has 0 saturated carbocycles. The van der Waals surface area contributed by atoms with Gasteiger partial charge in [0.2, 0.25) is 0 Å². The smallest absolute Gasteiger partial charge is 0.0962 e. The van der Waals surface area contributed by atoms with Crippen molar-refractivity contribution in [3.05, 3.63) is 35.9 Å². The van der Waals surface area contributed by atoms with Gasteiger partial charge < -0.3 is 5.73 Å². The topological polar surface area (TPSA) is 26.0 Å². The third-order valence-electron chi connectivity index (χ3n) is 1.56. The maximum absolute atomic E-state index is 5.34. The Bertz CT molecular complexity index is 314. The Morgan fingerprint density at radius 3 is 2.46 bits per heavy atom. The molecule has 0 saturated heterocycles. The summed E-state index contributed by atoms with van der Waals surface area (Å²) in [5.74, 6) is 0. The van der Waals surface area contributed by atoms with Crippen LogP contribution >= 0.6 is 24.0 Å². The van der Waals surface area contributed by atoms with Crippen LogP contribution < -0.4 is 5.73 Å². The van der Waals surface area contributed by atoms with Crippen molar-refractivity contribution in [2.45, 2.75) is 4.90 Å². The van der Waals surface area contributed by atoms with E-state index in [0.717, 1.165) is 5.56 Å². The summed E-state index contributed by atoms with van der Waals surface area (Å²) in [5.41, 5.74) is 6.45. The summed E-state index contributed by atoms with van der Waals surface area (Å²) in [4.78, 5) is 1.67. The molecule has 0 bridgehead atoms. The number of hydrogen-bond acceptors (Lipinski definition) is 2. The average molecular weight is 209 g/mol. The molecule has 0 aliphatic carbocycles. The van der Waals surface area contributed by atoms with Gasteiger partial charge in [-0.05, 0) is 30.0 Å². The molecule has 1 nitrogen and oxygen atoms in total. The minimum absolute atomic E-state index is 0.411. The molecule has 0 atom stereocenters. The highest BCUT2D eigenvalue weighted by Gasteiger charge is 1.89. The van der Waals surface area contributed by atoms with Crippen LogP contribution in [0.4, 0.5) is 0 Å². The van der Waals surface area contributed by atoms with Crippen LogP contribution in [0.25, 0.3) is 6.08 Å². The number of thioether (sulfide) groups is 1. The number of rotatable bonds is 3. The first-order valence-electron chi connectivity index (χ1n) is 3.84. The summed E-state index contributed by atoms with van der Waals surface area (Å²) in [5, 5.41) is 0. The zero-order valence-corrected chi connectivity index (χ0v) is 8.99.